The van der Waals surface area contributed by atoms with E-state index in [1.165, 1.54) is 6.07 Å². The maximum Gasteiger partial charge on any atom is 0.265 e. The molecule has 0 saturated heterocycles. The molecule has 1 rings (SSSR count). The van der Waals surface area contributed by atoms with E-state index in [-0.39, 0.29) is 12.0 Å². The summed E-state index contributed by atoms with van der Waals surface area (Å²) in [6, 6.07) is 3.16. The molecule has 1 aromatic rings. The molecular weight excluding hydrogens is 242 g/mol. The van der Waals surface area contributed by atoms with Crippen LogP contribution in [-0.2, 0) is 6.42 Å². The third kappa shape index (κ3) is 2.46. The molecule has 0 amide bonds. The van der Waals surface area contributed by atoms with Gasteiger partial charge >= 0.3 is 0 Å². The normalized spacial score (nSPS) is 10.1. The van der Waals surface area contributed by atoms with Crippen LogP contribution >= 0.6 is 15.9 Å². The van der Waals surface area contributed by atoms with E-state index in [1.807, 2.05) is 6.07 Å². The molecule has 0 N–H and O–H groups in total. The van der Waals surface area contributed by atoms with Crippen LogP contribution in [0, 0.1) is 11.3 Å². The molecule has 0 bridgehead atoms. The van der Waals surface area contributed by atoms with E-state index in [4.69, 9.17) is 5.26 Å². The van der Waals surface area contributed by atoms with Gasteiger partial charge in [0.05, 0.1) is 12.5 Å². The first-order valence-electron chi connectivity index (χ1n) is 3.44. The summed E-state index contributed by atoms with van der Waals surface area (Å²) < 4.78 is 24.8. The van der Waals surface area contributed by atoms with Gasteiger partial charge in [-0.05, 0) is 27.6 Å². The molecule has 0 aliphatic carbocycles. The molecule has 68 valence electrons. The predicted molar refractivity (Wildman–Crippen MR) is 46.2 cm³/mol. The summed E-state index contributed by atoms with van der Waals surface area (Å²) in [6.45, 7) is 0. The van der Waals surface area contributed by atoms with E-state index >= 15 is 0 Å². The molecule has 1 heterocycles. The van der Waals surface area contributed by atoms with Crippen molar-refractivity contribution in [1.82, 2.24) is 4.98 Å². The van der Waals surface area contributed by atoms with Crippen molar-refractivity contribution >= 4 is 15.9 Å². The molecule has 13 heavy (non-hydrogen) atoms. The molecule has 0 saturated carbocycles. The minimum atomic E-state index is -2.54. The van der Waals surface area contributed by atoms with Crippen molar-refractivity contribution in [2.45, 2.75) is 12.8 Å². The Morgan fingerprint density at radius 2 is 2.31 bits per heavy atom. The first kappa shape index (κ1) is 10.1. The van der Waals surface area contributed by atoms with Crippen LogP contribution in [0.3, 0.4) is 0 Å². The van der Waals surface area contributed by atoms with Crippen LogP contribution < -0.4 is 0 Å². The SMILES string of the molecule is N#CCc1cc(C(F)F)cnc1Br. The third-order valence-corrected chi connectivity index (χ3v) is 2.17. The fourth-order valence-corrected chi connectivity index (χ4v) is 1.20. The Balaban J connectivity index is 3.05. The van der Waals surface area contributed by atoms with Gasteiger partial charge in [-0.1, -0.05) is 0 Å². The van der Waals surface area contributed by atoms with Crippen LogP contribution in [0.2, 0.25) is 0 Å². The van der Waals surface area contributed by atoms with Crippen molar-refractivity contribution in [2.24, 2.45) is 0 Å². The number of halogens is 3. The van der Waals surface area contributed by atoms with Gasteiger partial charge < -0.3 is 0 Å². The van der Waals surface area contributed by atoms with Gasteiger partial charge in [0.1, 0.15) is 4.60 Å². The summed E-state index contributed by atoms with van der Waals surface area (Å²) in [7, 11) is 0. The number of nitrogens with zero attached hydrogens (tertiary/aromatic N) is 2. The van der Waals surface area contributed by atoms with E-state index in [0.717, 1.165) is 6.20 Å². The van der Waals surface area contributed by atoms with Crippen molar-refractivity contribution in [1.29, 1.82) is 5.26 Å². The standard InChI is InChI=1S/C8H5BrF2N2/c9-7-5(1-2-12)3-6(4-13-7)8(10)11/h3-4,8H,1H2. The number of aromatic nitrogens is 1. The summed E-state index contributed by atoms with van der Waals surface area (Å²) in [5.74, 6) is 0. The van der Waals surface area contributed by atoms with Crippen LogP contribution in [0.25, 0.3) is 0 Å². The quantitative estimate of drug-likeness (QED) is 0.753. The van der Waals surface area contributed by atoms with Gasteiger partial charge in [0.25, 0.3) is 6.43 Å². The molecular formula is C8H5BrF2N2. The molecule has 1 aromatic heterocycles. The lowest BCUT2D eigenvalue weighted by atomic mass is 10.2. The summed E-state index contributed by atoms with van der Waals surface area (Å²) >= 11 is 3.07. The number of nitriles is 1. The van der Waals surface area contributed by atoms with Crippen molar-refractivity contribution in [2.75, 3.05) is 0 Å². The fraction of sp³-hybridized carbons (Fsp3) is 0.250. The van der Waals surface area contributed by atoms with Crippen LogP contribution in [0.15, 0.2) is 16.9 Å². The molecule has 0 aromatic carbocycles. The monoisotopic (exact) mass is 246 g/mol. The average molecular weight is 247 g/mol. The minimum Gasteiger partial charge on any atom is -0.249 e. The van der Waals surface area contributed by atoms with Crippen LogP contribution in [0.1, 0.15) is 17.6 Å². The van der Waals surface area contributed by atoms with Gasteiger partial charge in [-0.25, -0.2) is 13.8 Å². The Hall–Kier alpha value is -1.02. The number of alkyl halides is 2. The highest BCUT2D eigenvalue weighted by Crippen LogP contribution is 2.22. The summed E-state index contributed by atoms with van der Waals surface area (Å²) in [5, 5.41) is 8.39. The zero-order chi connectivity index (χ0) is 9.84. The Bertz CT molecular complexity index is 346. The van der Waals surface area contributed by atoms with E-state index < -0.39 is 6.43 Å². The molecule has 0 aliphatic rings. The van der Waals surface area contributed by atoms with Crippen molar-refractivity contribution in [3.8, 4) is 6.07 Å². The second-order valence-electron chi connectivity index (χ2n) is 2.35. The summed E-state index contributed by atoms with van der Waals surface area (Å²) in [4.78, 5) is 3.70. The van der Waals surface area contributed by atoms with Crippen LogP contribution in [0.5, 0.6) is 0 Å². The van der Waals surface area contributed by atoms with Gasteiger partial charge in [-0.3, -0.25) is 0 Å². The van der Waals surface area contributed by atoms with Crippen molar-refractivity contribution < 1.29 is 8.78 Å². The highest BCUT2D eigenvalue weighted by molar-refractivity contribution is 9.10. The zero-order valence-electron chi connectivity index (χ0n) is 6.47. The first-order chi connectivity index (χ1) is 6.15. The van der Waals surface area contributed by atoms with Gasteiger partial charge in [0, 0.05) is 11.8 Å². The fourth-order valence-electron chi connectivity index (χ4n) is 0.841. The topological polar surface area (TPSA) is 36.7 Å². The largest absolute Gasteiger partial charge is 0.265 e. The van der Waals surface area contributed by atoms with E-state index in [1.54, 1.807) is 0 Å². The van der Waals surface area contributed by atoms with E-state index in [2.05, 4.69) is 20.9 Å². The maximum atomic E-state index is 12.2. The lowest BCUT2D eigenvalue weighted by Crippen LogP contribution is -1.92. The van der Waals surface area contributed by atoms with E-state index in [0.29, 0.717) is 10.2 Å². The first-order valence-corrected chi connectivity index (χ1v) is 4.24. The van der Waals surface area contributed by atoms with Gasteiger partial charge in [0.15, 0.2) is 0 Å². The van der Waals surface area contributed by atoms with Gasteiger partial charge in [-0.15, -0.1) is 0 Å². The Morgan fingerprint density at radius 3 is 2.85 bits per heavy atom. The summed E-state index contributed by atoms with van der Waals surface area (Å²) in [6.07, 6.45) is -1.37. The molecule has 2 nitrogen and oxygen atoms in total. The Kier molecular flexibility index (Phi) is 3.32. The Labute approximate surface area is 82.3 Å². The maximum absolute atomic E-state index is 12.2. The predicted octanol–water partition coefficient (Wildman–Crippen LogP) is 2.85. The molecule has 0 aliphatic heterocycles. The average Bonchev–Trinajstić information content (AvgIpc) is 2.08. The molecule has 0 unspecified atom stereocenters. The lowest BCUT2D eigenvalue weighted by molar-refractivity contribution is 0.151. The number of rotatable bonds is 2. The smallest absolute Gasteiger partial charge is 0.249 e. The second kappa shape index (κ2) is 4.28. The Morgan fingerprint density at radius 1 is 1.62 bits per heavy atom. The molecule has 5 heteroatoms. The number of hydrogen-bond acceptors (Lipinski definition) is 2. The minimum absolute atomic E-state index is 0.0775. The van der Waals surface area contributed by atoms with E-state index in [9.17, 15) is 8.78 Å². The van der Waals surface area contributed by atoms with Crippen molar-refractivity contribution in [3.63, 3.8) is 0 Å². The lowest BCUT2D eigenvalue weighted by Gasteiger charge is -2.02. The van der Waals surface area contributed by atoms with Gasteiger partial charge in [0.2, 0.25) is 0 Å². The highest BCUT2D eigenvalue weighted by atomic mass is 79.9. The molecule has 0 fully saturated rings. The van der Waals surface area contributed by atoms with Crippen molar-refractivity contribution in [3.05, 3.63) is 28.0 Å². The molecule has 0 radical (unpaired) electrons. The van der Waals surface area contributed by atoms with Crippen LogP contribution in [0.4, 0.5) is 8.78 Å². The zero-order valence-corrected chi connectivity index (χ0v) is 8.05. The molecule has 0 atom stereocenters. The summed E-state index contributed by atoms with van der Waals surface area (Å²) in [5.41, 5.74) is 0.328. The number of pyridine rings is 1. The van der Waals surface area contributed by atoms with Gasteiger partial charge in [-0.2, -0.15) is 5.26 Å². The highest BCUT2D eigenvalue weighted by Gasteiger charge is 2.10. The number of hydrogen-bond donors (Lipinski definition) is 0. The molecule has 0 spiro atoms. The second-order valence-corrected chi connectivity index (χ2v) is 3.11. The third-order valence-electron chi connectivity index (χ3n) is 1.45. The van der Waals surface area contributed by atoms with Crippen LogP contribution in [-0.4, -0.2) is 4.98 Å².